The van der Waals surface area contributed by atoms with E-state index < -0.39 is 10.0 Å². The summed E-state index contributed by atoms with van der Waals surface area (Å²) in [5.41, 5.74) is 1.68. The van der Waals surface area contributed by atoms with E-state index in [9.17, 15) is 13.2 Å². The SMILES string of the molecule is CS(=O)(=O)N1CCN(Cc2cccc(C(=O)NCCSc3ccc(Cl)cc3)c2)CC1. The summed E-state index contributed by atoms with van der Waals surface area (Å²) < 4.78 is 24.8. The average Bonchev–Trinajstić information content (AvgIpc) is 2.72. The molecule has 1 fully saturated rings. The third-order valence-corrected chi connectivity index (χ3v) is 7.43. The van der Waals surface area contributed by atoms with Gasteiger partial charge in [-0.2, -0.15) is 4.31 Å². The number of nitrogens with zero attached hydrogens (tertiary/aromatic N) is 2. The third kappa shape index (κ3) is 6.99. The maximum absolute atomic E-state index is 12.5. The van der Waals surface area contributed by atoms with Crippen molar-refractivity contribution in [2.45, 2.75) is 11.4 Å². The number of hydrogen-bond acceptors (Lipinski definition) is 5. The van der Waals surface area contributed by atoms with E-state index >= 15 is 0 Å². The van der Waals surface area contributed by atoms with Gasteiger partial charge in [-0.3, -0.25) is 9.69 Å². The van der Waals surface area contributed by atoms with Gasteiger partial charge in [0, 0.05) is 60.5 Å². The number of carbonyl (C=O) groups excluding carboxylic acids is 1. The van der Waals surface area contributed by atoms with Gasteiger partial charge in [-0.15, -0.1) is 11.8 Å². The molecule has 0 bridgehead atoms. The molecule has 3 rings (SSSR count). The molecule has 30 heavy (non-hydrogen) atoms. The summed E-state index contributed by atoms with van der Waals surface area (Å²) >= 11 is 7.55. The Morgan fingerprint density at radius 2 is 1.80 bits per heavy atom. The van der Waals surface area contributed by atoms with Crippen molar-refractivity contribution < 1.29 is 13.2 Å². The van der Waals surface area contributed by atoms with Crippen molar-refractivity contribution in [1.29, 1.82) is 0 Å². The van der Waals surface area contributed by atoms with Crippen molar-refractivity contribution in [3.63, 3.8) is 0 Å². The van der Waals surface area contributed by atoms with Crippen LogP contribution in [-0.2, 0) is 16.6 Å². The van der Waals surface area contributed by atoms with E-state index in [-0.39, 0.29) is 5.91 Å². The minimum Gasteiger partial charge on any atom is -0.351 e. The van der Waals surface area contributed by atoms with Crippen LogP contribution in [0.5, 0.6) is 0 Å². The lowest BCUT2D eigenvalue weighted by atomic mass is 10.1. The van der Waals surface area contributed by atoms with Crippen LogP contribution in [0.15, 0.2) is 53.4 Å². The molecule has 1 amide bonds. The van der Waals surface area contributed by atoms with Gasteiger partial charge in [0.15, 0.2) is 0 Å². The Hall–Kier alpha value is -1.58. The first-order valence-corrected chi connectivity index (χ1v) is 13.0. The molecule has 1 aliphatic heterocycles. The Morgan fingerprint density at radius 3 is 2.47 bits per heavy atom. The number of rotatable bonds is 8. The van der Waals surface area contributed by atoms with E-state index in [1.807, 2.05) is 48.5 Å². The highest BCUT2D eigenvalue weighted by atomic mass is 35.5. The van der Waals surface area contributed by atoms with E-state index in [4.69, 9.17) is 11.6 Å². The quantitative estimate of drug-likeness (QED) is 0.477. The Bertz CT molecular complexity index is 960. The van der Waals surface area contributed by atoms with Gasteiger partial charge in [0.1, 0.15) is 0 Å². The maximum Gasteiger partial charge on any atom is 0.251 e. The van der Waals surface area contributed by atoms with Crippen LogP contribution < -0.4 is 5.32 Å². The van der Waals surface area contributed by atoms with E-state index in [2.05, 4.69) is 10.2 Å². The largest absolute Gasteiger partial charge is 0.351 e. The molecule has 162 valence electrons. The molecule has 2 aromatic carbocycles. The van der Waals surface area contributed by atoms with Gasteiger partial charge in [0.2, 0.25) is 10.0 Å². The number of hydrogen-bond donors (Lipinski definition) is 1. The molecule has 0 spiro atoms. The second-order valence-electron chi connectivity index (χ2n) is 7.20. The van der Waals surface area contributed by atoms with Crippen LogP contribution in [-0.4, -0.2) is 68.3 Å². The van der Waals surface area contributed by atoms with Gasteiger partial charge in [0.25, 0.3) is 5.91 Å². The zero-order valence-electron chi connectivity index (χ0n) is 16.9. The monoisotopic (exact) mass is 467 g/mol. The van der Waals surface area contributed by atoms with Crippen molar-refractivity contribution in [2.24, 2.45) is 0 Å². The molecular weight excluding hydrogens is 442 g/mol. The fourth-order valence-corrected chi connectivity index (χ4v) is 4.98. The average molecular weight is 468 g/mol. The van der Waals surface area contributed by atoms with Crippen LogP contribution in [0.1, 0.15) is 15.9 Å². The van der Waals surface area contributed by atoms with Gasteiger partial charge in [-0.25, -0.2) is 8.42 Å². The highest BCUT2D eigenvalue weighted by molar-refractivity contribution is 7.99. The van der Waals surface area contributed by atoms with Crippen LogP contribution >= 0.6 is 23.4 Å². The van der Waals surface area contributed by atoms with E-state index in [0.717, 1.165) is 16.2 Å². The third-order valence-electron chi connectivity index (χ3n) is 4.87. The van der Waals surface area contributed by atoms with Gasteiger partial charge < -0.3 is 5.32 Å². The molecule has 0 saturated carbocycles. The molecule has 0 aliphatic carbocycles. The van der Waals surface area contributed by atoms with Gasteiger partial charge in [-0.05, 0) is 42.0 Å². The number of amides is 1. The van der Waals surface area contributed by atoms with Crippen LogP contribution in [0.3, 0.4) is 0 Å². The molecule has 0 aromatic heterocycles. The minimum absolute atomic E-state index is 0.0875. The molecule has 0 radical (unpaired) electrons. The summed E-state index contributed by atoms with van der Waals surface area (Å²) in [7, 11) is -3.12. The number of carbonyl (C=O) groups is 1. The lowest BCUT2D eigenvalue weighted by Gasteiger charge is -2.33. The molecule has 1 N–H and O–H groups in total. The zero-order valence-corrected chi connectivity index (χ0v) is 19.3. The zero-order chi connectivity index (χ0) is 21.6. The molecule has 0 unspecified atom stereocenters. The van der Waals surface area contributed by atoms with Gasteiger partial charge >= 0.3 is 0 Å². The summed E-state index contributed by atoms with van der Waals surface area (Å²) in [4.78, 5) is 15.8. The van der Waals surface area contributed by atoms with Crippen LogP contribution in [0.4, 0.5) is 0 Å². The molecular formula is C21H26ClN3O3S2. The van der Waals surface area contributed by atoms with E-state index in [1.165, 1.54) is 10.6 Å². The molecule has 2 aromatic rings. The smallest absolute Gasteiger partial charge is 0.251 e. The fraction of sp³-hybridized carbons (Fsp3) is 0.381. The number of benzene rings is 2. The fourth-order valence-electron chi connectivity index (χ4n) is 3.25. The Balaban J connectivity index is 1.45. The normalized spacial score (nSPS) is 15.8. The van der Waals surface area contributed by atoms with Crippen molar-refractivity contribution in [1.82, 2.24) is 14.5 Å². The van der Waals surface area contributed by atoms with Crippen molar-refractivity contribution >= 4 is 39.3 Å². The first-order chi connectivity index (χ1) is 14.3. The molecule has 1 aliphatic rings. The number of nitrogens with one attached hydrogen (secondary N) is 1. The second-order valence-corrected chi connectivity index (χ2v) is 10.8. The summed E-state index contributed by atoms with van der Waals surface area (Å²) in [5.74, 6) is 0.688. The molecule has 9 heteroatoms. The summed E-state index contributed by atoms with van der Waals surface area (Å²) in [6, 6.07) is 15.2. The molecule has 1 heterocycles. The highest BCUT2D eigenvalue weighted by Gasteiger charge is 2.23. The Kier molecular flexibility index (Phi) is 8.19. The van der Waals surface area contributed by atoms with E-state index in [0.29, 0.717) is 49.9 Å². The van der Waals surface area contributed by atoms with Crippen LogP contribution in [0.2, 0.25) is 5.02 Å². The number of halogens is 1. The predicted molar refractivity (Wildman–Crippen MR) is 123 cm³/mol. The first kappa shape index (κ1) is 23.1. The lowest BCUT2D eigenvalue weighted by Crippen LogP contribution is -2.47. The minimum atomic E-state index is -3.12. The molecule has 1 saturated heterocycles. The molecule has 0 atom stereocenters. The highest BCUT2D eigenvalue weighted by Crippen LogP contribution is 2.19. The molecule has 6 nitrogen and oxygen atoms in total. The van der Waals surface area contributed by atoms with Crippen molar-refractivity contribution in [3.8, 4) is 0 Å². The maximum atomic E-state index is 12.5. The standard InChI is InChI=1S/C21H26ClN3O3S2/c1-30(27,28)25-12-10-24(11-13-25)16-17-3-2-4-18(15-17)21(26)23-9-14-29-20-7-5-19(22)6-8-20/h2-8,15H,9-14,16H2,1H3,(H,23,26). The second kappa shape index (κ2) is 10.6. The van der Waals surface area contributed by atoms with Crippen LogP contribution in [0, 0.1) is 0 Å². The number of piperazine rings is 1. The summed E-state index contributed by atoms with van der Waals surface area (Å²) in [5, 5.41) is 3.67. The topological polar surface area (TPSA) is 69.7 Å². The number of thioether (sulfide) groups is 1. The van der Waals surface area contributed by atoms with Crippen LogP contribution in [0.25, 0.3) is 0 Å². The summed E-state index contributed by atoms with van der Waals surface area (Å²) in [6.07, 6.45) is 1.25. The van der Waals surface area contributed by atoms with Gasteiger partial charge in [0.05, 0.1) is 6.26 Å². The Labute approximate surface area is 187 Å². The van der Waals surface area contributed by atoms with Crippen molar-refractivity contribution in [2.75, 3.05) is 44.7 Å². The van der Waals surface area contributed by atoms with Gasteiger partial charge in [-0.1, -0.05) is 23.7 Å². The first-order valence-electron chi connectivity index (χ1n) is 9.74. The predicted octanol–water partition coefficient (Wildman–Crippen LogP) is 2.94. The van der Waals surface area contributed by atoms with E-state index in [1.54, 1.807) is 11.8 Å². The summed E-state index contributed by atoms with van der Waals surface area (Å²) in [6.45, 7) is 3.65. The Morgan fingerprint density at radius 1 is 1.10 bits per heavy atom. The van der Waals surface area contributed by atoms with Crippen molar-refractivity contribution in [3.05, 3.63) is 64.7 Å². The number of sulfonamides is 1. The lowest BCUT2D eigenvalue weighted by molar-refractivity contribution is 0.0956.